The van der Waals surface area contributed by atoms with Crippen LogP contribution in [-0.4, -0.2) is 54.1 Å². The maximum absolute atomic E-state index is 13.3. The summed E-state index contributed by atoms with van der Waals surface area (Å²) < 4.78 is 33.7. The predicted octanol–water partition coefficient (Wildman–Crippen LogP) is 3.58. The molecule has 0 atom stereocenters. The van der Waals surface area contributed by atoms with E-state index in [1.807, 2.05) is 32.9 Å². The van der Waals surface area contributed by atoms with Crippen molar-refractivity contribution < 1.29 is 22.6 Å². The third-order valence-electron chi connectivity index (χ3n) is 5.41. The number of nitrogens with two attached hydrogens (primary N) is 1. The third kappa shape index (κ3) is 3.89. The number of nitrogens with one attached hydrogen (secondary N) is 1. The normalized spacial score (nSPS) is 12.6. The van der Waals surface area contributed by atoms with Crippen molar-refractivity contribution in [2.45, 2.75) is 25.7 Å². The number of rotatable bonds is 3. The second-order valence-corrected chi connectivity index (χ2v) is 9.05. The summed E-state index contributed by atoms with van der Waals surface area (Å²) in [6, 6.07) is 11.2. The van der Waals surface area contributed by atoms with Crippen LogP contribution in [0.15, 0.2) is 47.4 Å². The molecule has 1 aliphatic carbocycles. The van der Waals surface area contributed by atoms with Crippen molar-refractivity contribution >= 4 is 68.3 Å². The first-order valence-corrected chi connectivity index (χ1v) is 10.9. The van der Waals surface area contributed by atoms with E-state index in [-0.39, 0.29) is 57.5 Å². The Balaban J connectivity index is 0.00000289. The summed E-state index contributed by atoms with van der Waals surface area (Å²) in [5.74, 6) is -1.03. The molecule has 159 valence electrons. The van der Waals surface area contributed by atoms with Gasteiger partial charge < -0.3 is 11.1 Å². The molecule has 3 aromatic carbocycles. The Morgan fingerprint density at radius 2 is 1.38 bits per heavy atom. The summed E-state index contributed by atoms with van der Waals surface area (Å²) >= 11 is 0. The van der Waals surface area contributed by atoms with Gasteiger partial charge in [0.05, 0.1) is 22.5 Å². The van der Waals surface area contributed by atoms with Crippen LogP contribution in [0, 0.1) is 20.8 Å². The van der Waals surface area contributed by atoms with Gasteiger partial charge in [-0.15, -0.1) is 0 Å². The largest absolute Gasteiger partial charge is 0.397 e. The van der Waals surface area contributed by atoms with Gasteiger partial charge in [-0.05, 0) is 38.0 Å². The number of carbonyl (C=O) groups excluding carboxylic acids is 2. The fourth-order valence-corrected chi connectivity index (χ4v) is 4.76. The molecule has 0 aromatic heterocycles. The molecule has 0 unspecified atom stereocenters. The van der Waals surface area contributed by atoms with Crippen molar-refractivity contribution in [3.63, 3.8) is 0 Å². The molecule has 0 aliphatic heterocycles. The van der Waals surface area contributed by atoms with E-state index >= 15 is 0 Å². The summed E-state index contributed by atoms with van der Waals surface area (Å²) in [6.45, 7) is 5.69. The number of benzene rings is 3. The van der Waals surface area contributed by atoms with Gasteiger partial charge in [0.1, 0.15) is 4.90 Å². The minimum absolute atomic E-state index is 0. The molecule has 0 bridgehead atoms. The van der Waals surface area contributed by atoms with Crippen molar-refractivity contribution in [1.82, 2.24) is 0 Å². The molecular weight excluding hydrogens is 439 g/mol. The first kappa shape index (κ1) is 24.2. The zero-order chi connectivity index (χ0) is 22.7. The van der Waals surface area contributed by atoms with E-state index in [2.05, 4.69) is 5.32 Å². The first-order chi connectivity index (χ1) is 14.5. The Labute approximate surface area is 208 Å². The number of fused-ring (bicyclic) bond motifs is 2. The van der Waals surface area contributed by atoms with Crippen LogP contribution in [0.3, 0.4) is 0 Å². The van der Waals surface area contributed by atoms with Gasteiger partial charge in [-0.1, -0.05) is 42.0 Å². The number of hydrogen-bond donors (Lipinski definition) is 3. The molecule has 7 nitrogen and oxygen atoms in total. The van der Waals surface area contributed by atoms with Crippen molar-refractivity contribution in [2.24, 2.45) is 0 Å². The number of carbonyl (C=O) groups is 2. The molecule has 1 aliphatic rings. The van der Waals surface area contributed by atoms with E-state index in [0.717, 1.165) is 22.8 Å². The van der Waals surface area contributed by atoms with Crippen LogP contribution in [0.2, 0.25) is 0 Å². The number of hydrogen-bond acceptors (Lipinski definition) is 6. The number of ketones is 2. The van der Waals surface area contributed by atoms with Crippen LogP contribution in [0.25, 0.3) is 0 Å². The van der Waals surface area contributed by atoms with Gasteiger partial charge >= 0.3 is 0 Å². The molecule has 0 fully saturated rings. The molecule has 0 heterocycles. The van der Waals surface area contributed by atoms with Gasteiger partial charge in [-0.3, -0.25) is 14.1 Å². The minimum Gasteiger partial charge on any atom is -0.397 e. The molecule has 0 saturated heterocycles. The van der Waals surface area contributed by atoms with Gasteiger partial charge in [0.2, 0.25) is 0 Å². The fourth-order valence-electron chi connectivity index (χ4n) is 4.12. The second kappa shape index (κ2) is 8.46. The summed E-state index contributed by atoms with van der Waals surface area (Å²) in [4.78, 5) is 25.9. The predicted molar refractivity (Wildman–Crippen MR) is 124 cm³/mol. The van der Waals surface area contributed by atoms with E-state index in [4.69, 9.17) is 5.73 Å². The minimum atomic E-state index is -4.76. The summed E-state index contributed by atoms with van der Waals surface area (Å²) in [5.41, 5.74) is 9.16. The quantitative estimate of drug-likeness (QED) is 0.243. The van der Waals surface area contributed by atoms with Crippen molar-refractivity contribution in [2.75, 3.05) is 11.1 Å². The van der Waals surface area contributed by atoms with Crippen LogP contribution >= 0.6 is 0 Å². The number of anilines is 3. The zero-order valence-corrected chi connectivity index (χ0v) is 20.9. The standard InChI is InChI=1S/C23H20N2O5S.Na/c1-11-8-12(2)21(13(3)9-11)25-16-10-17(31(28,29)30)20(24)19-18(16)22(26)14-6-4-5-7-15(14)23(19)27;/h4-10,25H,24H2,1-3H3,(H,28,29,30);. The Bertz CT molecular complexity index is 1390. The van der Waals surface area contributed by atoms with Crippen LogP contribution < -0.4 is 11.1 Å². The van der Waals surface area contributed by atoms with E-state index in [0.29, 0.717) is 5.69 Å². The SMILES string of the molecule is Cc1cc(C)c(Nc2cc(S(=O)(=O)O)c(N)c3c2C(=O)c2ccccc2C3=O)c(C)c1.[Na]. The van der Waals surface area contributed by atoms with Gasteiger partial charge in [0.25, 0.3) is 10.1 Å². The summed E-state index contributed by atoms with van der Waals surface area (Å²) in [6.07, 6.45) is 0. The third-order valence-corrected chi connectivity index (χ3v) is 6.31. The van der Waals surface area contributed by atoms with E-state index < -0.39 is 32.3 Å². The van der Waals surface area contributed by atoms with Crippen molar-refractivity contribution in [1.29, 1.82) is 0 Å². The molecule has 4 N–H and O–H groups in total. The van der Waals surface area contributed by atoms with Gasteiger partial charge in [0, 0.05) is 46.4 Å². The Kier molecular flexibility index (Phi) is 6.38. The fraction of sp³-hybridized carbons (Fsp3) is 0.130. The Morgan fingerprint density at radius 3 is 1.88 bits per heavy atom. The van der Waals surface area contributed by atoms with Crippen LogP contribution in [0.5, 0.6) is 0 Å². The van der Waals surface area contributed by atoms with E-state index in [1.165, 1.54) is 12.1 Å². The van der Waals surface area contributed by atoms with Crippen molar-refractivity contribution in [3.8, 4) is 0 Å². The maximum atomic E-state index is 13.3. The average molecular weight is 459 g/mol. The molecule has 0 saturated carbocycles. The van der Waals surface area contributed by atoms with Crippen molar-refractivity contribution in [3.05, 3.63) is 81.4 Å². The van der Waals surface area contributed by atoms with Gasteiger partial charge in [-0.2, -0.15) is 8.42 Å². The number of nitrogen functional groups attached to an aromatic ring is 1. The molecule has 9 heteroatoms. The van der Waals surface area contributed by atoms with E-state index in [1.54, 1.807) is 12.1 Å². The molecule has 0 spiro atoms. The molecule has 3 aromatic rings. The maximum Gasteiger partial charge on any atom is 0.296 e. The van der Waals surface area contributed by atoms with Crippen LogP contribution in [0.4, 0.5) is 17.1 Å². The second-order valence-electron chi connectivity index (χ2n) is 7.66. The molecule has 1 radical (unpaired) electrons. The molecule has 32 heavy (non-hydrogen) atoms. The smallest absolute Gasteiger partial charge is 0.296 e. The monoisotopic (exact) mass is 459 g/mol. The van der Waals surface area contributed by atoms with E-state index in [9.17, 15) is 22.6 Å². The van der Waals surface area contributed by atoms with Crippen LogP contribution in [-0.2, 0) is 10.1 Å². The van der Waals surface area contributed by atoms with Crippen LogP contribution in [0.1, 0.15) is 48.5 Å². The molecular formula is C23H20N2NaO5S. The van der Waals surface area contributed by atoms with Gasteiger partial charge in [0.15, 0.2) is 11.6 Å². The first-order valence-electron chi connectivity index (χ1n) is 9.48. The Hall–Kier alpha value is -2.49. The zero-order valence-electron chi connectivity index (χ0n) is 18.1. The van der Waals surface area contributed by atoms with Gasteiger partial charge in [-0.25, -0.2) is 0 Å². The summed E-state index contributed by atoms with van der Waals surface area (Å²) in [7, 11) is -4.76. The number of aryl methyl sites for hydroxylation is 3. The summed E-state index contributed by atoms with van der Waals surface area (Å²) in [5, 5.41) is 3.11. The molecule has 0 amide bonds. The topological polar surface area (TPSA) is 127 Å². The molecule has 4 rings (SSSR count). The average Bonchev–Trinajstić information content (AvgIpc) is 2.68. The Morgan fingerprint density at radius 1 is 0.875 bits per heavy atom.